The predicted octanol–water partition coefficient (Wildman–Crippen LogP) is 4.17. The molecule has 1 aliphatic heterocycles. The lowest BCUT2D eigenvalue weighted by molar-refractivity contribution is -0.141. The maximum Gasteiger partial charge on any atom is 0.415 e. The smallest absolute Gasteiger partial charge is 0.415 e. The normalized spacial score (nSPS) is 17.8. The van der Waals surface area contributed by atoms with Gasteiger partial charge in [-0.15, -0.1) is 0 Å². The Kier molecular flexibility index (Phi) is 7.88. The van der Waals surface area contributed by atoms with Crippen LogP contribution in [0.1, 0.15) is 18.5 Å². The number of ether oxygens (including phenoxy) is 2. The summed E-state index contributed by atoms with van der Waals surface area (Å²) in [5, 5.41) is 21.1. The fourth-order valence-electron chi connectivity index (χ4n) is 4.27. The molecule has 4 rings (SSSR count). The van der Waals surface area contributed by atoms with Crippen LogP contribution >= 0.6 is 0 Å². The molecule has 1 heterocycles. The zero-order chi connectivity index (χ0) is 26.5. The summed E-state index contributed by atoms with van der Waals surface area (Å²) in [4.78, 5) is 28.1. The molecule has 3 aromatic rings. The van der Waals surface area contributed by atoms with Crippen molar-refractivity contribution in [1.29, 1.82) is 0 Å². The lowest BCUT2D eigenvalue weighted by Crippen LogP contribution is -2.44. The molecular formula is C27H26F2N2O6. The zero-order valence-corrected chi connectivity index (χ0v) is 20.0. The van der Waals surface area contributed by atoms with Gasteiger partial charge in [-0.1, -0.05) is 12.1 Å². The molecule has 3 atom stereocenters. The Morgan fingerprint density at radius 1 is 1.03 bits per heavy atom. The minimum Gasteiger partial charge on any atom is -0.508 e. The van der Waals surface area contributed by atoms with Crippen LogP contribution in [0.25, 0.3) is 0 Å². The highest BCUT2D eigenvalue weighted by molar-refractivity contribution is 5.91. The molecular weight excluding hydrogens is 486 g/mol. The molecule has 0 spiro atoms. The first kappa shape index (κ1) is 25.9. The summed E-state index contributed by atoms with van der Waals surface area (Å²) < 4.78 is 37.7. The van der Waals surface area contributed by atoms with Crippen molar-refractivity contribution in [1.82, 2.24) is 0 Å². The van der Waals surface area contributed by atoms with Crippen molar-refractivity contribution in [3.63, 3.8) is 0 Å². The van der Waals surface area contributed by atoms with Crippen LogP contribution < -0.4 is 9.80 Å². The number of phenols is 1. The van der Waals surface area contributed by atoms with Crippen LogP contribution in [-0.4, -0.2) is 54.2 Å². The molecule has 0 bridgehead atoms. The van der Waals surface area contributed by atoms with Crippen molar-refractivity contribution in [3.8, 4) is 5.75 Å². The van der Waals surface area contributed by atoms with Crippen LogP contribution in [0.3, 0.4) is 0 Å². The average Bonchev–Trinajstić information content (AvgIpc) is 3.22. The maximum atomic E-state index is 13.6. The molecule has 1 amide bonds. The van der Waals surface area contributed by atoms with E-state index in [-0.39, 0.29) is 25.4 Å². The third-order valence-corrected chi connectivity index (χ3v) is 5.97. The van der Waals surface area contributed by atoms with E-state index in [4.69, 9.17) is 9.47 Å². The molecule has 1 saturated heterocycles. The van der Waals surface area contributed by atoms with Crippen molar-refractivity contribution in [2.75, 3.05) is 29.5 Å². The lowest BCUT2D eigenvalue weighted by Gasteiger charge is -2.31. The first-order chi connectivity index (χ1) is 17.8. The van der Waals surface area contributed by atoms with Crippen LogP contribution in [0, 0.1) is 11.6 Å². The van der Waals surface area contributed by atoms with E-state index in [1.165, 1.54) is 70.5 Å². The van der Waals surface area contributed by atoms with Gasteiger partial charge in [0.2, 0.25) is 0 Å². The maximum absolute atomic E-state index is 13.6. The summed E-state index contributed by atoms with van der Waals surface area (Å²) in [6.45, 7) is 1.44. The molecule has 0 saturated carbocycles. The molecule has 194 valence electrons. The molecule has 8 nitrogen and oxygen atoms in total. The first-order valence-electron chi connectivity index (χ1n) is 11.7. The highest BCUT2D eigenvalue weighted by Crippen LogP contribution is 2.39. The van der Waals surface area contributed by atoms with Crippen LogP contribution in [0.5, 0.6) is 5.75 Å². The van der Waals surface area contributed by atoms with E-state index in [0.717, 1.165) is 0 Å². The first-order valence-corrected chi connectivity index (χ1v) is 11.7. The molecule has 0 aromatic heterocycles. The number of aliphatic hydroxyl groups is 1. The molecule has 0 aliphatic carbocycles. The van der Waals surface area contributed by atoms with Gasteiger partial charge in [0.05, 0.1) is 6.61 Å². The average molecular weight is 513 g/mol. The van der Waals surface area contributed by atoms with Crippen LogP contribution in [0.15, 0.2) is 72.8 Å². The molecule has 3 aromatic carbocycles. The Balaban J connectivity index is 1.66. The summed E-state index contributed by atoms with van der Waals surface area (Å²) >= 11 is 0. The minimum atomic E-state index is -1.31. The summed E-state index contributed by atoms with van der Waals surface area (Å²) in [7, 11) is 0. The molecule has 1 aliphatic rings. The van der Waals surface area contributed by atoms with Crippen molar-refractivity contribution in [2.24, 2.45) is 0 Å². The number of amides is 1. The predicted molar refractivity (Wildman–Crippen MR) is 131 cm³/mol. The van der Waals surface area contributed by atoms with Crippen LogP contribution in [-0.2, 0) is 14.3 Å². The summed E-state index contributed by atoms with van der Waals surface area (Å²) in [6.07, 6.45) is -3.17. The van der Waals surface area contributed by atoms with Gasteiger partial charge < -0.3 is 24.6 Å². The lowest BCUT2D eigenvalue weighted by atomic mass is 9.96. The quantitative estimate of drug-likeness (QED) is 0.415. The third kappa shape index (κ3) is 5.97. The van der Waals surface area contributed by atoms with Gasteiger partial charge >= 0.3 is 12.1 Å². The second-order valence-electron chi connectivity index (χ2n) is 8.46. The Morgan fingerprint density at radius 2 is 1.62 bits per heavy atom. The standard InChI is InChI=1S/C27H26F2N2O6/c1-2-36-24(34)16-30(20-9-5-18(28)6-10-20)15-23(33)26-25(17-3-13-22(32)14-4-17)31(27(35)37-26)21-11-7-19(29)8-12-21/h3-14,23,25-26,32-33H,2,15-16H2,1H3/t23?,25-,26-/m1/s1. The SMILES string of the molecule is CCOC(=O)CN(CC(O)[C@H]1OC(=O)N(c2ccc(F)cc2)[C@@H]1c1ccc(O)cc1)c1ccc(F)cc1. The van der Waals surface area contributed by atoms with E-state index in [1.807, 2.05) is 0 Å². The Bertz CT molecular complexity index is 1220. The highest BCUT2D eigenvalue weighted by Gasteiger charge is 2.47. The summed E-state index contributed by atoms with van der Waals surface area (Å²) in [6, 6.07) is 15.9. The molecule has 2 N–H and O–H groups in total. The zero-order valence-electron chi connectivity index (χ0n) is 20.0. The number of aliphatic hydroxyl groups excluding tert-OH is 1. The van der Waals surface area contributed by atoms with Gasteiger partial charge in [0.25, 0.3) is 0 Å². The Labute approximate surface area is 212 Å². The number of hydrogen-bond acceptors (Lipinski definition) is 7. The molecule has 1 fully saturated rings. The number of aromatic hydroxyl groups is 1. The summed E-state index contributed by atoms with van der Waals surface area (Å²) in [5.74, 6) is -1.49. The van der Waals surface area contributed by atoms with Crippen molar-refractivity contribution in [3.05, 3.63) is 90.0 Å². The van der Waals surface area contributed by atoms with E-state index < -0.39 is 41.9 Å². The van der Waals surface area contributed by atoms with E-state index in [9.17, 15) is 28.6 Å². The topological polar surface area (TPSA) is 99.5 Å². The largest absolute Gasteiger partial charge is 0.508 e. The summed E-state index contributed by atoms with van der Waals surface area (Å²) in [5.41, 5.74) is 1.35. The molecule has 0 radical (unpaired) electrons. The number of carbonyl (C=O) groups is 2. The highest BCUT2D eigenvalue weighted by atomic mass is 19.1. The number of esters is 1. The fourth-order valence-corrected chi connectivity index (χ4v) is 4.27. The van der Waals surface area contributed by atoms with Crippen molar-refractivity contribution >= 4 is 23.4 Å². The van der Waals surface area contributed by atoms with Gasteiger partial charge in [-0.2, -0.15) is 0 Å². The van der Waals surface area contributed by atoms with Crippen LogP contribution in [0.2, 0.25) is 0 Å². The second-order valence-corrected chi connectivity index (χ2v) is 8.46. The second kappa shape index (κ2) is 11.3. The van der Waals surface area contributed by atoms with Gasteiger partial charge in [0, 0.05) is 17.9 Å². The minimum absolute atomic E-state index is 0.0105. The molecule has 1 unspecified atom stereocenters. The van der Waals surface area contributed by atoms with Crippen molar-refractivity contribution in [2.45, 2.75) is 25.2 Å². The number of carbonyl (C=O) groups excluding carboxylic acids is 2. The van der Waals surface area contributed by atoms with E-state index in [2.05, 4.69) is 0 Å². The third-order valence-electron chi connectivity index (χ3n) is 5.97. The van der Waals surface area contributed by atoms with E-state index >= 15 is 0 Å². The number of phenolic OH excluding ortho intramolecular Hbond substituents is 1. The molecule has 37 heavy (non-hydrogen) atoms. The van der Waals surface area contributed by atoms with E-state index in [0.29, 0.717) is 16.9 Å². The monoisotopic (exact) mass is 512 g/mol. The Morgan fingerprint density at radius 3 is 2.22 bits per heavy atom. The number of anilines is 2. The van der Waals surface area contributed by atoms with Crippen LogP contribution in [0.4, 0.5) is 25.0 Å². The van der Waals surface area contributed by atoms with E-state index in [1.54, 1.807) is 19.1 Å². The Hall–Kier alpha value is -4.18. The fraction of sp³-hybridized carbons (Fsp3) is 0.259. The number of cyclic esters (lactones) is 1. The van der Waals surface area contributed by atoms with Gasteiger partial charge in [-0.25, -0.2) is 13.6 Å². The number of nitrogens with zero attached hydrogens (tertiary/aromatic N) is 2. The van der Waals surface area contributed by atoms with Gasteiger partial charge in [-0.05, 0) is 73.2 Å². The van der Waals surface area contributed by atoms with Gasteiger partial charge in [-0.3, -0.25) is 9.69 Å². The number of halogens is 2. The van der Waals surface area contributed by atoms with Gasteiger partial charge in [0.15, 0.2) is 6.10 Å². The number of benzene rings is 3. The van der Waals surface area contributed by atoms with Gasteiger partial charge in [0.1, 0.15) is 36.1 Å². The molecule has 10 heteroatoms. The van der Waals surface area contributed by atoms with Crippen molar-refractivity contribution < 1.29 is 38.1 Å². The number of hydrogen-bond donors (Lipinski definition) is 2. The number of rotatable bonds is 9.